The van der Waals surface area contributed by atoms with E-state index in [9.17, 15) is 9.59 Å². The van der Waals surface area contributed by atoms with Crippen molar-refractivity contribution in [2.75, 3.05) is 13.2 Å². The average Bonchev–Trinajstić information content (AvgIpc) is 2.56. The fraction of sp³-hybridized carbons (Fsp3) is 0.353. The predicted octanol–water partition coefficient (Wildman–Crippen LogP) is 1.22. The van der Waals surface area contributed by atoms with Crippen molar-refractivity contribution in [1.29, 1.82) is 0 Å². The van der Waals surface area contributed by atoms with Crippen molar-refractivity contribution in [2.45, 2.75) is 25.8 Å². The quantitative estimate of drug-likeness (QED) is 0.199. The number of carbonyl (C=O) groups is 2. The first-order valence-electron chi connectivity index (χ1n) is 7.78. The van der Waals surface area contributed by atoms with Crippen LogP contribution in [-0.4, -0.2) is 37.0 Å². The minimum atomic E-state index is -0.730. The van der Waals surface area contributed by atoms with Crippen molar-refractivity contribution in [2.24, 2.45) is 16.5 Å². The van der Waals surface area contributed by atoms with E-state index < -0.39 is 12.0 Å². The number of nitrogens with two attached hydrogens (primary N) is 2. The minimum absolute atomic E-state index is 0. The maximum absolute atomic E-state index is 12.0. The van der Waals surface area contributed by atoms with Gasteiger partial charge in [-0.2, -0.15) is 0 Å². The van der Waals surface area contributed by atoms with E-state index in [2.05, 4.69) is 10.3 Å². The van der Waals surface area contributed by atoms with Gasteiger partial charge in [0, 0.05) is 12.6 Å². The molecule has 0 aliphatic rings. The molecule has 0 aliphatic carbocycles. The van der Waals surface area contributed by atoms with Crippen LogP contribution < -0.4 is 16.8 Å². The third kappa shape index (κ3) is 10.0. The average molecular weight is 369 g/mol. The molecular formula is C17H25ClN4O3. The van der Waals surface area contributed by atoms with E-state index in [1.807, 2.05) is 30.3 Å². The van der Waals surface area contributed by atoms with Crippen molar-refractivity contribution in [3.05, 3.63) is 42.0 Å². The second-order valence-corrected chi connectivity index (χ2v) is 5.01. The van der Waals surface area contributed by atoms with Gasteiger partial charge in [-0.05, 0) is 31.4 Å². The number of carbonyl (C=O) groups excluding carboxylic acids is 2. The van der Waals surface area contributed by atoms with Crippen LogP contribution in [0.3, 0.4) is 0 Å². The summed E-state index contributed by atoms with van der Waals surface area (Å²) in [6.07, 6.45) is 4.00. The molecule has 138 valence electrons. The molecule has 0 radical (unpaired) electrons. The number of nitrogens with one attached hydrogen (secondary N) is 1. The van der Waals surface area contributed by atoms with Gasteiger partial charge in [-0.15, -0.1) is 12.4 Å². The molecule has 0 aliphatic heterocycles. The Labute approximate surface area is 153 Å². The fourth-order valence-electron chi connectivity index (χ4n) is 1.95. The highest BCUT2D eigenvalue weighted by Gasteiger charge is 2.20. The zero-order valence-electron chi connectivity index (χ0n) is 14.2. The summed E-state index contributed by atoms with van der Waals surface area (Å²) in [5.41, 5.74) is 11.4. The first-order chi connectivity index (χ1) is 11.5. The van der Waals surface area contributed by atoms with E-state index in [-0.39, 0.29) is 30.9 Å². The molecule has 0 spiro atoms. The number of nitrogens with zero attached hydrogens (tertiary/aromatic N) is 1. The Balaban J connectivity index is 0.00000576. The smallest absolute Gasteiger partial charge is 0.328 e. The van der Waals surface area contributed by atoms with E-state index in [4.69, 9.17) is 16.2 Å². The van der Waals surface area contributed by atoms with Crippen LogP contribution in [0.1, 0.15) is 25.3 Å². The number of halogens is 1. The lowest BCUT2D eigenvalue weighted by Crippen LogP contribution is -2.41. The first-order valence-corrected chi connectivity index (χ1v) is 7.78. The summed E-state index contributed by atoms with van der Waals surface area (Å²) in [5.74, 6) is -0.833. The molecule has 0 aromatic heterocycles. The van der Waals surface area contributed by atoms with Gasteiger partial charge < -0.3 is 21.5 Å². The maximum atomic E-state index is 12.0. The fourth-order valence-corrected chi connectivity index (χ4v) is 1.95. The van der Waals surface area contributed by atoms with E-state index in [1.54, 1.807) is 13.0 Å². The van der Waals surface area contributed by atoms with Gasteiger partial charge in [0.15, 0.2) is 5.96 Å². The number of hydrogen-bond donors (Lipinski definition) is 3. The van der Waals surface area contributed by atoms with Gasteiger partial charge in [0.25, 0.3) is 0 Å². The zero-order valence-corrected chi connectivity index (χ0v) is 15.0. The normalized spacial score (nSPS) is 11.2. The first kappa shape index (κ1) is 22.5. The minimum Gasteiger partial charge on any atom is -0.464 e. The Morgan fingerprint density at radius 2 is 1.96 bits per heavy atom. The van der Waals surface area contributed by atoms with Gasteiger partial charge in [-0.25, -0.2) is 4.79 Å². The Kier molecular flexibility index (Phi) is 11.5. The van der Waals surface area contributed by atoms with Crippen molar-refractivity contribution in [3.63, 3.8) is 0 Å². The lowest BCUT2D eigenvalue weighted by Gasteiger charge is -2.15. The summed E-state index contributed by atoms with van der Waals surface area (Å²) in [6, 6.07) is 8.67. The molecule has 25 heavy (non-hydrogen) atoms. The molecular weight excluding hydrogens is 344 g/mol. The summed E-state index contributed by atoms with van der Waals surface area (Å²) in [6.45, 7) is 2.35. The molecule has 0 saturated carbocycles. The number of esters is 1. The van der Waals surface area contributed by atoms with Crippen LogP contribution >= 0.6 is 12.4 Å². The van der Waals surface area contributed by atoms with Crippen LogP contribution in [0, 0.1) is 0 Å². The Hall–Kier alpha value is -2.54. The summed E-state index contributed by atoms with van der Waals surface area (Å²) < 4.78 is 4.98. The van der Waals surface area contributed by atoms with E-state index in [0.29, 0.717) is 19.4 Å². The van der Waals surface area contributed by atoms with Gasteiger partial charge >= 0.3 is 5.97 Å². The van der Waals surface area contributed by atoms with Crippen LogP contribution in [0.25, 0.3) is 6.08 Å². The molecule has 1 rings (SSSR count). The summed E-state index contributed by atoms with van der Waals surface area (Å²) in [5, 5.41) is 2.65. The molecule has 8 heteroatoms. The molecule has 7 nitrogen and oxygen atoms in total. The van der Waals surface area contributed by atoms with E-state index in [0.717, 1.165) is 5.56 Å². The highest BCUT2D eigenvalue weighted by Crippen LogP contribution is 2.03. The van der Waals surface area contributed by atoms with Crippen LogP contribution in [-0.2, 0) is 14.3 Å². The largest absolute Gasteiger partial charge is 0.464 e. The maximum Gasteiger partial charge on any atom is 0.328 e. The van der Waals surface area contributed by atoms with Crippen LogP contribution in [0.15, 0.2) is 41.4 Å². The Morgan fingerprint density at radius 1 is 1.28 bits per heavy atom. The number of benzene rings is 1. The molecule has 0 saturated heterocycles. The standard InChI is InChI=1S/C17H24N4O3.ClH/c1-2-24-16(23)14(9-6-12-20-17(18)19)21-15(22)11-10-13-7-4-3-5-8-13;/h3-5,7-8,10-11,14H,2,6,9,12H2,1H3,(H,21,22)(H4,18,19,20);1H/t14-;/m0./s1. The monoisotopic (exact) mass is 368 g/mol. The van der Waals surface area contributed by atoms with Crippen LogP contribution in [0.2, 0.25) is 0 Å². The lowest BCUT2D eigenvalue weighted by molar-refractivity contribution is -0.147. The Morgan fingerprint density at radius 3 is 2.56 bits per heavy atom. The molecule has 0 unspecified atom stereocenters. The number of aliphatic imine (C=N–C) groups is 1. The number of ether oxygens (including phenoxy) is 1. The highest BCUT2D eigenvalue weighted by atomic mass is 35.5. The topological polar surface area (TPSA) is 120 Å². The molecule has 0 heterocycles. The third-order valence-electron chi connectivity index (χ3n) is 3.06. The number of guanidine groups is 1. The van der Waals surface area contributed by atoms with Crippen LogP contribution in [0.4, 0.5) is 0 Å². The van der Waals surface area contributed by atoms with Gasteiger partial charge in [-0.1, -0.05) is 30.3 Å². The highest BCUT2D eigenvalue weighted by molar-refractivity contribution is 5.94. The summed E-state index contributed by atoms with van der Waals surface area (Å²) in [4.78, 5) is 27.8. The van der Waals surface area contributed by atoms with E-state index >= 15 is 0 Å². The van der Waals surface area contributed by atoms with Crippen molar-refractivity contribution in [1.82, 2.24) is 5.32 Å². The van der Waals surface area contributed by atoms with Gasteiger partial charge in [0.2, 0.25) is 5.91 Å². The van der Waals surface area contributed by atoms with Gasteiger partial charge in [0.05, 0.1) is 6.61 Å². The summed E-state index contributed by atoms with van der Waals surface area (Å²) in [7, 11) is 0. The molecule has 1 aromatic carbocycles. The molecule has 1 atom stereocenters. The van der Waals surface area contributed by atoms with Gasteiger partial charge in [-0.3, -0.25) is 9.79 Å². The molecule has 5 N–H and O–H groups in total. The predicted molar refractivity (Wildman–Crippen MR) is 101 cm³/mol. The molecule has 0 fully saturated rings. The Bertz CT molecular complexity index is 587. The molecule has 1 aromatic rings. The van der Waals surface area contributed by atoms with E-state index in [1.165, 1.54) is 6.08 Å². The van der Waals surface area contributed by atoms with Gasteiger partial charge in [0.1, 0.15) is 6.04 Å². The second-order valence-electron chi connectivity index (χ2n) is 5.01. The van der Waals surface area contributed by atoms with Crippen molar-refractivity contribution >= 4 is 36.3 Å². The molecule has 0 bridgehead atoms. The van der Waals surface area contributed by atoms with Crippen molar-refractivity contribution in [3.8, 4) is 0 Å². The molecule has 1 amide bonds. The van der Waals surface area contributed by atoms with Crippen LogP contribution in [0.5, 0.6) is 0 Å². The number of hydrogen-bond acceptors (Lipinski definition) is 4. The second kappa shape index (κ2) is 12.8. The number of rotatable bonds is 9. The third-order valence-corrected chi connectivity index (χ3v) is 3.06. The van der Waals surface area contributed by atoms with Crippen molar-refractivity contribution < 1.29 is 14.3 Å². The lowest BCUT2D eigenvalue weighted by atomic mass is 10.1. The number of amides is 1. The summed E-state index contributed by atoms with van der Waals surface area (Å²) >= 11 is 0. The zero-order chi connectivity index (χ0) is 17.8. The SMILES string of the molecule is CCOC(=O)[C@H](CCCN=C(N)N)NC(=O)C=Cc1ccccc1.Cl.